The van der Waals surface area contributed by atoms with Gasteiger partial charge >= 0.3 is 0 Å². The third-order valence-electron chi connectivity index (χ3n) is 8.40. The van der Waals surface area contributed by atoms with Crippen molar-refractivity contribution in [2.45, 2.75) is 45.4 Å². The molecule has 0 spiro atoms. The molecule has 2 aliphatic rings. The highest BCUT2D eigenvalue weighted by atomic mass is 32.2. The third kappa shape index (κ3) is 5.07. The zero-order valence-corrected chi connectivity index (χ0v) is 23.7. The fourth-order valence-electron chi connectivity index (χ4n) is 6.20. The van der Waals surface area contributed by atoms with Crippen LogP contribution in [0, 0.1) is 6.92 Å². The first-order chi connectivity index (χ1) is 18.7. The van der Waals surface area contributed by atoms with E-state index >= 15 is 0 Å². The van der Waals surface area contributed by atoms with E-state index in [-0.39, 0.29) is 17.4 Å². The minimum Gasteiger partial charge on any atom is -0.354 e. The van der Waals surface area contributed by atoms with Gasteiger partial charge in [-0.1, -0.05) is 19.9 Å². The van der Waals surface area contributed by atoms with Gasteiger partial charge in [-0.15, -0.1) is 0 Å². The van der Waals surface area contributed by atoms with Crippen LogP contribution in [0.1, 0.15) is 55.2 Å². The Balaban J connectivity index is 1.19. The molecule has 9 nitrogen and oxygen atoms in total. The van der Waals surface area contributed by atoms with Gasteiger partial charge in [0.25, 0.3) is 0 Å². The number of likely N-dealkylation sites (tertiary alicyclic amines) is 1. The zero-order chi connectivity index (χ0) is 27.3. The Kier molecular flexibility index (Phi) is 6.71. The number of piperidine rings is 1. The first-order valence-corrected chi connectivity index (χ1v) is 15.7. The van der Waals surface area contributed by atoms with Crippen LogP contribution >= 0.6 is 0 Å². The van der Waals surface area contributed by atoms with E-state index in [0.717, 1.165) is 53.9 Å². The van der Waals surface area contributed by atoms with Crippen LogP contribution < -0.4 is 0 Å². The Morgan fingerprint density at radius 1 is 1.10 bits per heavy atom. The molecule has 0 unspecified atom stereocenters. The van der Waals surface area contributed by atoms with E-state index in [9.17, 15) is 13.2 Å². The van der Waals surface area contributed by atoms with Gasteiger partial charge in [-0.2, -0.15) is 5.10 Å². The molecule has 6 rings (SSSR count). The average molecular weight is 549 g/mol. The van der Waals surface area contributed by atoms with Gasteiger partial charge < -0.3 is 9.88 Å². The number of carbonyl (C=O) groups is 1. The maximum Gasteiger partial charge on any atom is 0.236 e. The summed E-state index contributed by atoms with van der Waals surface area (Å²) >= 11 is 0. The van der Waals surface area contributed by atoms with Crippen LogP contribution in [0.3, 0.4) is 0 Å². The van der Waals surface area contributed by atoms with Gasteiger partial charge in [0.1, 0.15) is 6.33 Å². The molecule has 2 aliphatic heterocycles. The van der Waals surface area contributed by atoms with Crippen LogP contribution in [0.2, 0.25) is 0 Å². The Morgan fingerprint density at radius 3 is 2.56 bits per heavy atom. The van der Waals surface area contributed by atoms with E-state index in [1.165, 1.54) is 16.5 Å². The summed E-state index contributed by atoms with van der Waals surface area (Å²) in [5, 5.41) is 5.62. The molecule has 0 radical (unpaired) electrons. The number of pyridine rings is 1. The highest BCUT2D eigenvalue weighted by Crippen LogP contribution is 2.38. The number of sulfone groups is 1. The molecular weight excluding hydrogens is 512 g/mol. The Morgan fingerprint density at radius 2 is 1.85 bits per heavy atom. The monoisotopic (exact) mass is 548 g/mol. The highest BCUT2D eigenvalue weighted by molar-refractivity contribution is 7.91. The summed E-state index contributed by atoms with van der Waals surface area (Å²) < 4.78 is 25.2. The number of fused-ring (bicyclic) bond motifs is 2. The van der Waals surface area contributed by atoms with E-state index in [2.05, 4.69) is 60.1 Å². The third-order valence-corrected chi connectivity index (χ3v) is 10.0. The minimum absolute atomic E-state index is 0.111. The van der Waals surface area contributed by atoms with Gasteiger partial charge in [0.05, 0.1) is 23.7 Å². The van der Waals surface area contributed by atoms with Crippen LogP contribution in [0.5, 0.6) is 0 Å². The molecule has 0 bridgehead atoms. The van der Waals surface area contributed by atoms with Crippen molar-refractivity contribution in [1.82, 2.24) is 29.4 Å². The summed E-state index contributed by atoms with van der Waals surface area (Å²) in [4.78, 5) is 24.9. The van der Waals surface area contributed by atoms with Crippen molar-refractivity contribution in [3.8, 4) is 11.3 Å². The standard InChI is InChI=1S/C29H36N6O3S/c1-19(2)27-24-15-22(4-5-25(24)32-28(27)23-14-20(3)29-30-18-31-35(29)16-23)21-6-8-34(9-7-21)26(36)17-33-10-12-39(37,38)13-11-33/h4-5,14-16,18-19,21,32H,6-13,17H2,1-3H3. The summed E-state index contributed by atoms with van der Waals surface area (Å²) in [6.07, 6.45) is 5.50. The van der Waals surface area contributed by atoms with Gasteiger partial charge in [0.15, 0.2) is 15.5 Å². The first kappa shape index (κ1) is 26.0. The normalized spacial score (nSPS) is 18.9. The summed E-state index contributed by atoms with van der Waals surface area (Å²) in [6.45, 7) is 9.23. The van der Waals surface area contributed by atoms with Crippen molar-refractivity contribution in [2.24, 2.45) is 0 Å². The summed E-state index contributed by atoms with van der Waals surface area (Å²) in [6, 6.07) is 8.96. The van der Waals surface area contributed by atoms with E-state index in [0.29, 0.717) is 31.5 Å². The lowest BCUT2D eigenvalue weighted by Crippen LogP contribution is -2.48. The molecular formula is C29H36N6O3S. The molecule has 206 valence electrons. The van der Waals surface area contributed by atoms with Crippen molar-refractivity contribution in [1.29, 1.82) is 0 Å². The van der Waals surface area contributed by atoms with Crippen LogP contribution in [-0.2, 0) is 14.6 Å². The van der Waals surface area contributed by atoms with Crippen LogP contribution in [0.4, 0.5) is 0 Å². The molecule has 1 N–H and O–H groups in total. The van der Waals surface area contributed by atoms with Gasteiger partial charge in [-0.25, -0.2) is 17.9 Å². The molecule has 2 saturated heterocycles. The lowest BCUT2D eigenvalue weighted by Gasteiger charge is -2.34. The molecule has 5 heterocycles. The van der Waals surface area contributed by atoms with Gasteiger partial charge in [-0.05, 0) is 66.5 Å². The fraction of sp³-hybridized carbons (Fsp3) is 0.483. The molecule has 3 aromatic heterocycles. The van der Waals surface area contributed by atoms with Crippen molar-refractivity contribution in [3.63, 3.8) is 0 Å². The second kappa shape index (κ2) is 10.1. The maximum absolute atomic E-state index is 12.9. The van der Waals surface area contributed by atoms with Crippen LogP contribution in [0.15, 0.2) is 36.8 Å². The number of rotatable bonds is 5. The number of aromatic amines is 1. The summed E-state index contributed by atoms with van der Waals surface area (Å²) in [5.41, 5.74) is 7.95. The van der Waals surface area contributed by atoms with E-state index in [4.69, 9.17) is 0 Å². The van der Waals surface area contributed by atoms with Crippen LogP contribution in [0.25, 0.3) is 27.8 Å². The second-order valence-corrected chi connectivity index (χ2v) is 13.7. The molecule has 0 aliphatic carbocycles. The number of amides is 1. The number of nitrogens with one attached hydrogen (secondary N) is 1. The predicted octanol–water partition coefficient (Wildman–Crippen LogP) is 3.75. The van der Waals surface area contributed by atoms with Crippen molar-refractivity contribution in [3.05, 3.63) is 53.5 Å². The van der Waals surface area contributed by atoms with E-state index < -0.39 is 9.84 Å². The lowest BCUT2D eigenvalue weighted by molar-refractivity contribution is -0.133. The summed E-state index contributed by atoms with van der Waals surface area (Å²) in [5.74, 6) is 1.16. The molecule has 0 saturated carbocycles. The number of nitrogens with zero attached hydrogens (tertiary/aromatic N) is 5. The average Bonchev–Trinajstić information content (AvgIpc) is 3.55. The predicted molar refractivity (Wildman–Crippen MR) is 153 cm³/mol. The SMILES string of the molecule is Cc1cc(-c2[nH]c3ccc(C4CCN(C(=O)CN5CCS(=O)(=O)CC5)CC4)cc3c2C(C)C)cn2ncnc12. The van der Waals surface area contributed by atoms with Crippen LogP contribution in [-0.4, -0.2) is 87.9 Å². The number of carbonyl (C=O) groups excluding carboxylic acids is 1. The number of H-pyrrole nitrogens is 1. The number of hydrogen-bond donors (Lipinski definition) is 1. The fourth-order valence-corrected chi connectivity index (χ4v) is 7.48. The number of aryl methyl sites for hydroxylation is 1. The molecule has 1 aromatic carbocycles. The van der Waals surface area contributed by atoms with Gasteiger partial charge in [-0.3, -0.25) is 9.69 Å². The Labute approximate surface area is 229 Å². The molecule has 0 atom stereocenters. The first-order valence-electron chi connectivity index (χ1n) is 13.8. The zero-order valence-electron chi connectivity index (χ0n) is 22.9. The van der Waals surface area contributed by atoms with Crippen molar-refractivity contribution < 1.29 is 13.2 Å². The minimum atomic E-state index is -2.94. The largest absolute Gasteiger partial charge is 0.354 e. The topological polar surface area (TPSA) is 104 Å². The molecule has 1 amide bonds. The quantitative estimate of drug-likeness (QED) is 0.408. The molecule has 39 heavy (non-hydrogen) atoms. The highest BCUT2D eigenvalue weighted by Gasteiger charge is 2.28. The number of benzene rings is 1. The Bertz CT molecular complexity index is 1630. The van der Waals surface area contributed by atoms with Gasteiger partial charge in [0, 0.05) is 48.8 Å². The second-order valence-electron chi connectivity index (χ2n) is 11.4. The van der Waals surface area contributed by atoms with Crippen molar-refractivity contribution in [2.75, 3.05) is 44.2 Å². The summed E-state index contributed by atoms with van der Waals surface area (Å²) in [7, 11) is -2.94. The number of hydrogen-bond acceptors (Lipinski definition) is 6. The maximum atomic E-state index is 12.9. The van der Waals surface area contributed by atoms with E-state index in [1.54, 1.807) is 6.33 Å². The smallest absolute Gasteiger partial charge is 0.236 e. The molecule has 10 heteroatoms. The van der Waals surface area contributed by atoms with Gasteiger partial charge in [0.2, 0.25) is 5.91 Å². The molecule has 2 fully saturated rings. The Hall–Kier alpha value is -3.24. The molecule has 4 aromatic rings. The van der Waals surface area contributed by atoms with E-state index in [1.807, 2.05) is 20.5 Å². The lowest BCUT2D eigenvalue weighted by atomic mass is 9.87. The number of aromatic nitrogens is 4. The van der Waals surface area contributed by atoms with Crippen molar-refractivity contribution >= 4 is 32.3 Å².